The molecule has 4 nitrogen and oxygen atoms in total. The minimum absolute atomic E-state index is 0.0378. The molecule has 0 saturated heterocycles. The number of hydrogen-bond acceptors (Lipinski definition) is 4. The maximum absolute atomic E-state index is 12.9. The van der Waals surface area contributed by atoms with Crippen LogP contribution < -0.4 is 10.2 Å². The zero-order valence-corrected chi connectivity index (χ0v) is 19.7. The van der Waals surface area contributed by atoms with Crippen LogP contribution in [0.3, 0.4) is 0 Å². The molecule has 0 heterocycles. The fourth-order valence-electron chi connectivity index (χ4n) is 3.40. The molecule has 2 rings (SSSR count). The van der Waals surface area contributed by atoms with Crippen LogP contribution in [-0.4, -0.2) is 51.0 Å². The van der Waals surface area contributed by atoms with Crippen molar-refractivity contribution in [1.29, 1.82) is 0 Å². The van der Waals surface area contributed by atoms with Crippen LogP contribution in [0.1, 0.15) is 55.5 Å². The Morgan fingerprint density at radius 1 is 0.935 bits per heavy atom. The van der Waals surface area contributed by atoms with Gasteiger partial charge in [-0.3, -0.25) is 4.79 Å². The van der Waals surface area contributed by atoms with E-state index in [4.69, 9.17) is 0 Å². The maximum atomic E-state index is 12.9. The molecule has 0 atom stereocenters. The van der Waals surface area contributed by atoms with E-state index in [0.29, 0.717) is 0 Å². The number of para-hydroxylation sites is 1. The molecule has 0 aromatic heterocycles. The normalized spacial score (nSPS) is 11.3. The molecular formula is C27H39N3O. The number of allylic oxidation sites excluding steroid dienone is 1. The number of likely N-dealkylation sites (N-methyl/N-ethyl adjacent to an activating group) is 1. The van der Waals surface area contributed by atoms with Crippen LogP contribution in [0.2, 0.25) is 0 Å². The van der Waals surface area contributed by atoms with Gasteiger partial charge in [-0.25, -0.2) is 0 Å². The molecule has 2 aromatic rings. The first kappa shape index (κ1) is 24.7. The molecule has 0 fully saturated rings. The Morgan fingerprint density at radius 3 is 2.32 bits per heavy atom. The van der Waals surface area contributed by atoms with Gasteiger partial charge in [-0.05, 0) is 62.9 Å². The number of rotatable bonds is 14. The van der Waals surface area contributed by atoms with Gasteiger partial charge in [0.1, 0.15) is 0 Å². The number of nitrogens with zero attached hydrogens (tertiary/aromatic N) is 2. The third-order valence-electron chi connectivity index (χ3n) is 5.31. The molecule has 0 amide bonds. The van der Waals surface area contributed by atoms with Crippen molar-refractivity contribution in [2.24, 2.45) is 0 Å². The minimum atomic E-state index is 0.0378. The van der Waals surface area contributed by atoms with Crippen molar-refractivity contribution in [2.45, 2.75) is 39.5 Å². The molecule has 0 bridgehead atoms. The van der Waals surface area contributed by atoms with Gasteiger partial charge in [0.05, 0.1) is 0 Å². The first-order chi connectivity index (χ1) is 15.0. The number of ketones is 1. The van der Waals surface area contributed by atoms with E-state index in [1.54, 1.807) is 6.08 Å². The summed E-state index contributed by atoms with van der Waals surface area (Å²) in [7, 11) is 4.12. The molecule has 31 heavy (non-hydrogen) atoms. The predicted molar refractivity (Wildman–Crippen MR) is 135 cm³/mol. The Labute approximate surface area is 189 Å². The second-order valence-corrected chi connectivity index (χ2v) is 8.26. The van der Waals surface area contributed by atoms with Crippen LogP contribution in [0.5, 0.6) is 0 Å². The molecule has 0 radical (unpaired) electrons. The summed E-state index contributed by atoms with van der Waals surface area (Å²) in [5.41, 5.74) is 3.96. The number of carbonyl (C=O) groups excluding carboxylic acids is 1. The van der Waals surface area contributed by atoms with Gasteiger partial charge in [0.25, 0.3) is 0 Å². The van der Waals surface area contributed by atoms with Crippen molar-refractivity contribution in [1.82, 2.24) is 4.90 Å². The third kappa shape index (κ3) is 8.58. The fourth-order valence-corrected chi connectivity index (χ4v) is 3.40. The van der Waals surface area contributed by atoms with E-state index < -0.39 is 0 Å². The van der Waals surface area contributed by atoms with Crippen molar-refractivity contribution in [3.8, 4) is 0 Å². The summed E-state index contributed by atoms with van der Waals surface area (Å²) >= 11 is 0. The van der Waals surface area contributed by atoms with Gasteiger partial charge in [0.15, 0.2) is 5.78 Å². The average Bonchev–Trinajstić information content (AvgIpc) is 2.78. The number of carbonyl (C=O) groups is 1. The van der Waals surface area contributed by atoms with Crippen LogP contribution in [-0.2, 0) is 0 Å². The predicted octanol–water partition coefficient (Wildman–Crippen LogP) is 5.96. The zero-order valence-electron chi connectivity index (χ0n) is 19.7. The van der Waals surface area contributed by atoms with Crippen molar-refractivity contribution < 1.29 is 4.79 Å². The highest BCUT2D eigenvalue weighted by Crippen LogP contribution is 2.20. The molecule has 4 heteroatoms. The summed E-state index contributed by atoms with van der Waals surface area (Å²) < 4.78 is 0. The lowest BCUT2D eigenvalue weighted by atomic mass is 10.1. The molecule has 0 unspecified atom stereocenters. The van der Waals surface area contributed by atoms with E-state index in [2.05, 4.69) is 55.2 Å². The van der Waals surface area contributed by atoms with Gasteiger partial charge in [-0.2, -0.15) is 0 Å². The Hall–Kier alpha value is -2.59. The summed E-state index contributed by atoms with van der Waals surface area (Å²) in [6.45, 7) is 8.33. The molecule has 168 valence electrons. The van der Waals surface area contributed by atoms with E-state index in [0.717, 1.165) is 48.7 Å². The molecule has 0 aliphatic carbocycles. The van der Waals surface area contributed by atoms with Gasteiger partial charge < -0.3 is 15.1 Å². The van der Waals surface area contributed by atoms with Gasteiger partial charge in [-0.15, -0.1) is 0 Å². The molecule has 2 aromatic carbocycles. The van der Waals surface area contributed by atoms with E-state index in [-0.39, 0.29) is 5.78 Å². The summed E-state index contributed by atoms with van der Waals surface area (Å²) in [6.07, 6.45) is 8.28. The molecule has 1 N–H and O–H groups in total. The SMILES string of the molecule is CCCCN(CCCC)c1cccc(C(=O)C=Cc2ccccc2NCCN(C)C)c1. The second-order valence-electron chi connectivity index (χ2n) is 8.26. The lowest BCUT2D eigenvalue weighted by Gasteiger charge is -2.25. The molecule has 0 aliphatic rings. The first-order valence-electron chi connectivity index (χ1n) is 11.6. The lowest BCUT2D eigenvalue weighted by molar-refractivity contribution is 0.104. The number of anilines is 2. The minimum Gasteiger partial charge on any atom is -0.383 e. The molecule has 0 aliphatic heterocycles. The second kappa shape index (κ2) is 13.7. The number of hydrogen-bond donors (Lipinski definition) is 1. The highest BCUT2D eigenvalue weighted by atomic mass is 16.1. The number of benzene rings is 2. The van der Waals surface area contributed by atoms with E-state index in [1.807, 2.05) is 42.5 Å². The Balaban J connectivity index is 2.12. The molecule has 0 spiro atoms. The first-order valence-corrected chi connectivity index (χ1v) is 11.6. The Bertz CT molecular complexity index is 821. The summed E-state index contributed by atoms with van der Waals surface area (Å²) in [4.78, 5) is 17.5. The zero-order chi connectivity index (χ0) is 22.5. The molecular weight excluding hydrogens is 382 g/mol. The van der Waals surface area contributed by atoms with E-state index >= 15 is 0 Å². The van der Waals surface area contributed by atoms with Crippen LogP contribution in [0.4, 0.5) is 11.4 Å². The van der Waals surface area contributed by atoms with Gasteiger partial charge >= 0.3 is 0 Å². The quantitative estimate of drug-likeness (QED) is 0.301. The van der Waals surface area contributed by atoms with E-state index in [1.165, 1.54) is 25.7 Å². The van der Waals surface area contributed by atoms with Crippen LogP contribution in [0.25, 0.3) is 6.08 Å². The van der Waals surface area contributed by atoms with Crippen molar-refractivity contribution in [3.05, 3.63) is 65.7 Å². The highest BCUT2D eigenvalue weighted by molar-refractivity contribution is 6.07. The summed E-state index contributed by atoms with van der Waals surface area (Å²) in [6, 6.07) is 16.2. The third-order valence-corrected chi connectivity index (χ3v) is 5.31. The lowest BCUT2D eigenvalue weighted by Crippen LogP contribution is -2.25. The standard InChI is InChI=1S/C27H39N3O/c1-5-7-19-30(20-8-6-2)25-14-11-13-24(22-25)27(31)17-16-23-12-9-10-15-26(23)28-18-21-29(3)4/h9-17,22,28H,5-8,18-21H2,1-4H3. The number of unbranched alkanes of at least 4 members (excludes halogenated alkanes) is 2. The van der Waals surface area contributed by atoms with Crippen molar-refractivity contribution in [2.75, 3.05) is 50.5 Å². The Kier molecular flexibility index (Phi) is 10.9. The van der Waals surface area contributed by atoms with Gasteiger partial charge in [0, 0.05) is 43.1 Å². The van der Waals surface area contributed by atoms with Gasteiger partial charge in [-0.1, -0.05) is 57.0 Å². The largest absolute Gasteiger partial charge is 0.383 e. The van der Waals surface area contributed by atoms with E-state index in [9.17, 15) is 4.79 Å². The fraction of sp³-hybridized carbons (Fsp3) is 0.444. The van der Waals surface area contributed by atoms with Gasteiger partial charge in [0.2, 0.25) is 0 Å². The average molecular weight is 422 g/mol. The number of nitrogens with one attached hydrogen (secondary N) is 1. The van der Waals surface area contributed by atoms with Crippen LogP contribution in [0, 0.1) is 0 Å². The molecule has 0 saturated carbocycles. The van der Waals surface area contributed by atoms with Crippen molar-refractivity contribution in [3.63, 3.8) is 0 Å². The van der Waals surface area contributed by atoms with Crippen LogP contribution in [0.15, 0.2) is 54.6 Å². The smallest absolute Gasteiger partial charge is 0.185 e. The maximum Gasteiger partial charge on any atom is 0.185 e. The van der Waals surface area contributed by atoms with Crippen LogP contribution >= 0.6 is 0 Å². The highest BCUT2D eigenvalue weighted by Gasteiger charge is 2.09. The monoisotopic (exact) mass is 421 g/mol. The summed E-state index contributed by atoms with van der Waals surface area (Å²) in [5.74, 6) is 0.0378. The van der Waals surface area contributed by atoms with Crippen molar-refractivity contribution >= 4 is 23.2 Å². The Morgan fingerprint density at radius 2 is 1.65 bits per heavy atom. The summed E-state index contributed by atoms with van der Waals surface area (Å²) in [5, 5.41) is 3.46. The topological polar surface area (TPSA) is 35.6 Å².